The molecule has 1 N–H and O–H groups in total. The molecule has 1 aliphatic rings. The molecule has 0 amide bonds. The van der Waals surface area contributed by atoms with Crippen LogP contribution in [0.2, 0.25) is 0 Å². The molecule has 1 atom stereocenters. The van der Waals surface area contributed by atoms with Gasteiger partial charge in [-0.1, -0.05) is 0 Å². The molecule has 7 heteroatoms. The molecule has 1 saturated heterocycles. The van der Waals surface area contributed by atoms with Gasteiger partial charge in [0, 0.05) is 19.1 Å². The summed E-state index contributed by atoms with van der Waals surface area (Å²) in [4.78, 5) is 12.2. The van der Waals surface area contributed by atoms with Gasteiger partial charge in [-0.25, -0.2) is 8.42 Å². The number of carbonyl (C=O) groups is 1. The lowest BCUT2D eigenvalue weighted by molar-refractivity contribution is -0.142. The van der Waals surface area contributed by atoms with Crippen LogP contribution < -0.4 is 0 Å². The van der Waals surface area contributed by atoms with Crippen LogP contribution in [0.25, 0.3) is 0 Å². The van der Waals surface area contributed by atoms with Crippen LogP contribution in [-0.2, 0) is 14.8 Å². The number of carboxylic acid groups (broad SMARTS) is 1. The summed E-state index contributed by atoms with van der Waals surface area (Å²) in [6.45, 7) is 5.95. The molecule has 6 nitrogen and oxygen atoms in total. The van der Waals surface area contributed by atoms with Gasteiger partial charge in [-0.05, 0) is 20.8 Å². The van der Waals surface area contributed by atoms with E-state index in [1.54, 1.807) is 0 Å². The van der Waals surface area contributed by atoms with Crippen molar-refractivity contribution < 1.29 is 18.3 Å². The van der Waals surface area contributed by atoms with Gasteiger partial charge in [0.2, 0.25) is 10.0 Å². The molecule has 1 rings (SSSR count). The van der Waals surface area contributed by atoms with Crippen molar-refractivity contribution in [1.29, 1.82) is 0 Å². The molecule has 0 aromatic heterocycles. The van der Waals surface area contributed by atoms with Crippen LogP contribution in [0.15, 0.2) is 0 Å². The van der Waals surface area contributed by atoms with Crippen LogP contribution >= 0.6 is 0 Å². The second-order valence-corrected chi connectivity index (χ2v) is 6.16. The van der Waals surface area contributed by atoms with E-state index >= 15 is 0 Å². The first-order chi connectivity index (χ1) is 7.25. The Hall–Kier alpha value is -0.660. The topological polar surface area (TPSA) is 77.9 Å². The lowest BCUT2D eigenvalue weighted by Crippen LogP contribution is -2.55. The number of hydrogen-bond acceptors (Lipinski definition) is 4. The van der Waals surface area contributed by atoms with Crippen LogP contribution in [-0.4, -0.2) is 59.7 Å². The highest BCUT2D eigenvalue weighted by Gasteiger charge is 2.35. The summed E-state index contributed by atoms with van der Waals surface area (Å²) in [7, 11) is -3.35. The van der Waals surface area contributed by atoms with Gasteiger partial charge in [0.1, 0.15) is 11.9 Å². The molecular formula is C9H18N2O4S. The standard InChI is InChI=1S/C9H18N2O4S/c1-7(2)11-5-4-10(6-16(11,14)15)8(3)9(12)13/h7-8H,4-6H2,1-3H3,(H,12,13)/t8-/m1/s1. The third kappa shape index (κ3) is 2.72. The van der Waals surface area contributed by atoms with E-state index < -0.39 is 22.0 Å². The Morgan fingerprint density at radius 3 is 2.19 bits per heavy atom. The van der Waals surface area contributed by atoms with Gasteiger partial charge in [0.05, 0.1) is 0 Å². The van der Waals surface area contributed by atoms with Gasteiger partial charge in [-0.15, -0.1) is 0 Å². The molecule has 1 fully saturated rings. The molecule has 16 heavy (non-hydrogen) atoms. The third-order valence-electron chi connectivity index (χ3n) is 2.77. The Bertz CT molecular complexity index is 366. The number of nitrogens with zero attached hydrogens (tertiary/aromatic N) is 2. The average molecular weight is 250 g/mol. The maximum absolute atomic E-state index is 11.9. The average Bonchev–Trinajstić information content (AvgIpc) is 2.13. The van der Waals surface area contributed by atoms with Crippen molar-refractivity contribution in [2.45, 2.75) is 32.9 Å². The van der Waals surface area contributed by atoms with Crippen LogP contribution in [0.1, 0.15) is 20.8 Å². The number of sulfonamides is 1. The minimum atomic E-state index is -3.35. The smallest absolute Gasteiger partial charge is 0.320 e. The van der Waals surface area contributed by atoms with E-state index in [1.165, 1.54) is 16.1 Å². The molecule has 1 aliphatic heterocycles. The van der Waals surface area contributed by atoms with Crippen LogP contribution in [0.3, 0.4) is 0 Å². The van der Waals surface area contributed by atoms with E-state index in [9.17, 15) is 13.2 Å². The highest BCUT2D eigenvalue weighted by atomic mass is 32.2. The summed E-state index contributed by atoms with van der Waals surface area (Å²) in [6, 6.07) is -0.837. The predicted octanol–water partition coefficient (Wildman–Crippen LogP) is -0.227. The Balaban J connectivity index is 2.79. The van der Waals surface area contributed by atoms with E-state index in [-0.39, 0.29) is 11.9 Å². The fourth-order valence-corrected chi connectivity index (χ4v) is 3.68. The zero-order chi connectivity index (χ0) is 12.5. The summed E-state index contributed by atoms with van der Waals surface area (Å²) in [6.07, 6.45) is 0. The van der Waals surface area contributed by atoms with Gasteiger partial charge in [-0.2, -0.15) is 4.31 Å². The molecule has 1 heterocycles. The first-order valence-electron chi connectivity index (χ1n) is 5.22. The highest BCUT2D eigenvalue weighted by Crippen LogP contribution is 2.16. The molecule has 0 radical (unpaired) electrons. The minimum Gasteiger partial charge on any atom is -0.480 e. The first kappa shape index (κ1) is 13.4. The summed E-state index contributed by atoms with van der Waals surface area (Å²) < 4.78 is 25.1. The molecular weight excluding hydrogens is 232 g/mol. The van der Waals surface area contributed by atoms with Crippen LogP contribution in [0.4, 0.5) is 0 Å². The van der Waals surface area contributed by atoms with Crippen molar-refractivity contribution in [1.82, 2.24) is 9.21 Å². The summed E-state index contributed by atoms with van der Waals surface area (Å²) >= 11 is 0. The predicted molar refractivity (Wildman–Crippen MR) is 59.4 cm³/mol. The molecule has 94 valence electrons. The van der Waals surface area contributed by atoms with E-state index in [2.05, 4.69) is 0 Å². The van der Waals surface area contributed by atoms with Gasteiger partial charge in [0.25, 0.3) is 0 Å². The second-order valence-electron chi connectivity index (χ2n) is 4.27. The van der Waals surface area contributed by atoms with Crippen molar-refractivity contribution >= 4 is 16.0 Å². The van der Waals surface area contributed by atoms with Crippen LogP contribution in [0, 0.1) is 0 Å². The van der Waals surface area contributed by atoms with Crippen LogP contribution in [0.5, 0.6) is 0 Å². The number of carboxylic acids is 1. The SMILES string of the molecule is CC(C)N1CCN([C@H](C)C(=O)O)CS1(=O)=O. The van der Waals surface area contributed by atoms with E-state index in [1.807, 2.05) is 13.8 Å². The fraction of sp³-hybridized carbons (Fsp3) is 0.889. The molecule has 0 saturated carbocycles. The zero-order valence-corrected chi connectivity index (χ0v) is 10.6. The molecule has 0 aliphatic carbocycles. The zero-order valence-electron chi connectivity index (χ0n) is 9.75. The number of aliphatic carboxylic acids is 1. The Morgan fingerprint density at radius 1 is 1.25 bits per heavy atom. The summed E-state index contributed by atoms with van der Waals surface area (Å²) in [5, 5.41) is 8.83. The van der Waals surface area contributed by atoms with Crippen molar-refractivity contribution in [2.24, 2.45) is 0 Å². The van der Waals surface area contributed by atoms with Crippen molar-refractivity contribution in [3.05, 3.63) is 0 Å². The monoisotopic (exact) mass is 250 g/mol. The van der Waals surface area contributed by atoms with Gasteiger partial charge in [-0.3, -0.25) is 9.69 Å². The van der Waals surface area contributed by atoms with Gasteiger partial charge < -0.3 is 5.11 Å². The van der Waals surface area contributed by atoms with Crippen molar-refractivity contribution in [3.63, 3.8) is 0 Å². The molecule has 0 aromatic carbocycles. The fourth-order valence-electron chi connectivity index (χ4n) is 1.76. The number of hydrogen-bond donors (Lipinski definition) is 1. The van der Waals surface area contributed by atoms with Gasteiger partial charge >= 0.3 is 5.97 Å². The van der Waals surface area contributed by atoms with E-state index in [0.29, 0.717) is 13.1 Å². The Labute approximate surface area is 95.9 Å². The maximum Gasteiger partial charge on any atom is 0.320 e. The Morgan fingerprint density at radius 2 is 1.81 bits per heavy atom. The second kappa shape index (κ2) is 4.68. The quantitative estimate of drug-likeness (QED) is 0.749. The first-order valence-corrected chi connectivity index (χ1v) is 6.83. The van der Waals surface area contributed by atoms with Gasteiger partial charge in [0.15, 0.2) is 0 Å². The highest BCUT2D eigenvalue weighted by molar-refractivity contribution is 7.89. The van der Waals surface area contributed by atoms with Crippen molar-refractivity contribution in [2.75, 3.05) is 19.0 Å². The maximum atomic E-state index is 11.9. The Kier molecular flexibility index (Phi) is 3.92. The normalized spacial score (nSPS) is 24.5. The lowest BCUT2D eigenvalue weighted by Gasteiger charge is -2.37. The largest absolute Gasteiger partial charge is 0.480 e. The summed E-state index contributed by atoms with van der Waals surface area (Å²) in [5.74, 6) is -1.20. The van der Waals surface area contributed by atoms with Crippen molar-refractivity contribution in [3.8, 4) is 0 Å². The number of rotatable bonds is 3. The summed E-state index contributed by atoms with van der Waals surface area (Å²) in [5.41, 5.74) is 0. The lowest BCUT2D eigenvalue weighted by atomic mass is 10.3. The minimum absolute atomic E-state index is 0.0766. The van der Waals surface area contributed by atoms with E-state index in [4.69, 9.17) is 5.11 Å². The van der Waals surface area contributed by atoms with E-state index in [0.717, 1.165) is 0 Å². The molecule has 0 unspecified atom stereocenters. The third-order valence-corrected chi connectivity index (χ3v) is 4.75. The molecule has 0 aromatic rings. The molecule has 0 bridgehead atoms. The molecule has 0 spiro atoms.